The normalized spacial score (nSPS) is 23.6. The Morgan fingerprint density at radius 1 is 1.10 bits per heavy atom. The zero-order valence-electron chi connectivity index (χ0n) is 11.9. The third kappa shape index (κ3) is 2.53. The predicted octanol–water partition coefficient (Wildman–Crippen LogP) is 4.17. The molecule has 116 valence electrons. The van der Waals surface area contributed by atoms with Gasteiger partial charge in [-0.15, -0.1) is 0 Å². The van der Waals surface area contributed by atoms with E-state index in [1.807, 2.05) is 0 Å². The zero-order chi connectivity index (χ0) is 15.0. The van der Waals surface area contributed by atoms with Gasteiger partial charge in [0.1, 0.15) is 17.7 Å². The van der Waals surface area contributed by atoms with E-state index in [0.717, 1.165) is 51.6 Å². The Morgan fingerprint density at radius 3 is 2.33 bits per heavy atom. The lowest BCUT2D eigenvalue weighted by atomic mass is 9.84. The SMILES string of the molecule is OC(c1c(F)ccc(Br)c1F)C1(N2CCCC2)CCCC1. The monoisotopic (exact) mass is 359 g/mol. The summed E-state index contributed by atoms with van der Waals surface area (Å²) in [5, 5.41) is 10.9. The van der Waals surface area contributed by atoms with Crippen molar-refractivity contribution in [2.45, 2.75) is 50.2 Å². The molecule has 0 spiro atoms. The molecule has 1 atom stereocenters. The van der Waals surface area contributed by atoms with Crippen molar-refractivity contribution >= 4 is 15.9 Å². The van der Waals surface area contributed by atoms with Gasteiger partial charge in [0.25, 0.3) is 0 Å². The summed E-state index contributed by atoms with van der Waals surface area (Å²) in [4.78, 5) is 2.25. The van der Waals surface area contributed by atoms with Gasteiger partial charge in [-0.05, 0) is 66.8 Å². The zero-order valence-corrected chi connectivity index (χ0v) is 13.5. The molecule has 0 amide bonds. The number of rotatable bonds is 3. The Balaban J connectivity index is 2.02. The summed E-state index contributed by atoms with van der Waals surface area (Å²) in [6, 6.07) is 2.57. The quantitative estimate of drug-likeness (QED) is 0.818. The van der Waals surface area contributed by atoms with Crippen LogP contribution in [0.2, 0.25) is 0 Å². The summed E-state index contributed by atoms with van der Waals surface area (Å²) in [5.74, 6) is -1.33. The number of aliphatic hydroxyl groups is 1. The highest BCUT2D eigenvalue weighted by Gasteiger charge is 2.48. The summed E-state index contributed by atoms with van der Waals surface area (Å²) in [6.07, 6.45) is 4.69. The molecule has 1 aliphatic heterocycles. The van der Waals surface area contributed by atoms with Crippen LogP contribution in [0, 0.1) is 11.6 Å². The highest BCUT2D eigenvalue weighted by atomic mass is 79.9. The van der Waals surface area contributed by atoms with Crippen molar-refractivity contribution in [3.63, 3.8) is 0 Å². The standard InChI is InChI=1S/C16H20BrF2NO/c17-11-5-6-12(18)13(14(11)19)15(21)16(7-1-2-8-16)20-9-3-4-10-20/h5-6,15,21H,1-4,7-10H2. The van der Waals surface area contributed by atoms with Gasteiger partial charge < -0.3 is 5.11 Å². The van der Waals surface area contributed by atoms with Crippen LogP contribution in [-0.4, -0.2) is 28.6 Å². The van der Waals surface area contributed by atoms with Gasteiger partial charge in [-0.25, -0.2) is 8.78 Å². The van der Waals surface area contributed by atoms with Crippen molar-refractivity contribution in [2.75, 3.05) is 13.1 Å². The van der Waals surface area contributed by atoms with Gasteiger partial charge in [0, 0.05) is 0 Å². The molecule has 0 aromatic heterocycles. The average Bonchev–Trinajstić information content (AvgIpc) is 3.13. The minimum atomic E-state index is -1.12. The van der Waals surface area contributed by atoms with Crippen molar-refractivity contribution in [1.29, 1.82) is 0 Å². The number of hydrogen-bond donors (Lipinski definition) is 1. The number of likely N-dealkylation sites (tertiary alicyclic amines) is 1. The lowest BCUT2D eigenvalue weighted by Crippen LogP contribution is -2.50. The molecule has 2 fully saturated rings. The van der Waals surface area contributed by atoms with Crippen molar-refractivity contribution in [1.82, 2.24) is 4.90 Å². The van der Waals surface area contributed by atoms with Crippen LogP contribution < -0.4 is 0 Å². The molecule has 1 aliphatic carbocycles. The van der Waals surface area contributed by atoms with Crippen LogP contribution in [0.1, 0.15) is 50.2 Å². The number of benzene rings is 1. The first kappa shape index (κ1) is 15.4. The Labute approximate surface area is 132 Å². The molecule has 21 heavy (non-hydrogen) atoms. The summed E-state index contributed by atoms with van der Waals surface area (Å²) >= 11 is 3.09. The Morgan fingerprint density at radius 2 is 1.71 bits per heavy atom. The van der Waals surface area contributed by atoms with Gasteiger partial charge in [0.2, 0.25) is 0 Å². The maximum absolute atomic E-state index is 14.4. The first-order valence-corrected chi connectivity index (χ1v) is 8.42. The molecule has 1 saturated carbocycles. The van der Waals surface area contributed by atoms with E-state index >= 15 is 0 Å². The largest absolute Gasteiger partial charge is 0.386 e. The molecule has 2 nitrogen and oxygen atoms in total. The lowest BCUT2D eigenvalue weighted by Gasteiger charge is -2.43. The van der Waals surface area contributed by atoms with Crippen molar-refractivity contribution in [3.05, 3.63) is 33.8 Å². The molecule has 2 aliphatic rings. The fourth-order valence-electron chi connectivity index (χ4n) is 3.97. The fourth-order valence-corrected chi connectivity index (χ4v) is 4.32. The van der Waals surface area contributed by atoms with Crippen LogP contribution in [0.4, 0.5) is 8.78 Å². The van der Waals surface area contributed by atoms with Crippen LogP contribution in [0.15, 0.2) is 16.6 Å². The smallest absolute Gasteiger partial charge is 0.146 e. The van der Waals surface area contributed by atoms with Gasteiger partial charge in [0.15, 0.2) is 0 Å². The number of hydrogen-bond acceptors (Lipinski definition) is 2. The molecule has 1 saturated heterocycles. The second kappa shape index (κ2) is 5.94. The molecule has 1 aromatic rings. The van der Waals surface area contributed by atoms with E-state index in [-0.39, 0.29) is 10.0 Å². The molecule has 5 heteroatoms. The Kier molecular flexibility index (Phi) is 4.35. The second-order valence-electron chi connectivity index (χ2n) is 6.16. The molecule has 1 N–H and O–H groups in total. The predicted molar refractivity (Wildman–Crippen MR) is 81.0 cm³/mol. The van der Waals surface area contributed by atoms with E-state index < -0.39 is 23.3 Å². The lowest BCUT2D eigenvalue weighted by molar-refractivity contribution is -0.0233. The number of nitrogens with zero attached hydrogens (tertiary/aromatic N) is 1. The minimum Gasteiger partial charge on any atom is -0.386 e. The van der Waals surface area contributed by atoms with Crippen LogP contribution >= 0.6 is 15.9 Å². The van der Waals surface area contributed by atoms with Crippen LogP contribution in [0.25, 0.3) is 0 Å². The topological polar surface area (TPSA) is 23.5 Å². The average molecular weight is 360 g/mol. The maximum Gasteiger partial charge on any atom is 0.146 e. The van der Waals surface area contributed by atoms with E-state index in [4.69, 9.17) is 0 Å². The van der Waals surface area contributed by atoms with Gasteiger partial charge in [-0.3, -0.25) is 4.90 Å². The first-order chi connectivity index (χ1) is 10.1. The molecule has 0 bridgehead atoms. The van der Waals surface area contributed by atoms with Crippen LogP contribution in [0.3, 0.4) is 0 Å². The summed E-state index contributed by atoms with van der Waals surface area (Å²) in [5.41, 5.74) is -0.683. The van der Waals surface area contributed by atoms with Gasteiger partial charge in [0.05, 0.1) is 15.6 Å². The van der Waals surface area contributed by atoms with Gasteiger partial charge in [-0.1, -0.05) is 12.8 Å². The third-order valence-corrected chi connectivity index (χ3v) is 5.68. The molecule has 3 rings (SSSR count). The Bertz CT molecular complexity index is 525. The number of aliphatic hydroxyl groups excluding tert-OH is 1. The van der Waals surface area contributed by atoms with Crippen LogP contribution in [-0.2, 0) is 0 Å². The van der Waals surface area contributed by atoms with E-state index in [9.17, 15) is 13.9 Å². The van der Waals surface area contributed by atoms with E-state index in [1.54, 1.807) is 0 Å². The molecular formula is C16H20BrF2NO. The highest BCUT2D eigenvalue weighted by Crippen LogP contribution is 2.47. The number of halogens is 3. The van der Waals surface area contributed by atoms with Gasteiger partial charge >= 0.3 is 0 Å². The molecule has 0 radical (unpaired) electrons. The maximum atomic E-state index is 14.4. The summed E-state index contributed by atoms with van der Waals surface area (Å²) in [6.45, 7) is 1.82. The molecular weight excluding hydrogens is 340 g/mol. The van der Waals surface area contributed by atoms with Gasteiger partial charge in [-0.2, -0.15) is 0 Å². The summed E-state index contributed by atoms with van der Waals surface area (Å²) in [7, 11) is 0. The third-order valence-electron chi connectivity index (χ3n) is 5.07. The minimum absolute atomic E-state index is 0.182. The van der Waals surface area contributed by atoms with Crippen molar-refractivity contribution < 1.29 is 13.9 Å². The second-order valence-corrected chi connectivity index (χ2v) is 7.02. The Hall–Kier alpha value is -0.520. The van der Waals surface area contributed by atoms with E-state index in [1.165, 1.54) is 12.1 Å². The fraction of sp³-hybridized carbons (Fsp3) is 0.625. The molecule has 1 heterocycles. The summed E-state index contributed by atoms with van der Waals surface area (Å²) < 4.78 is 28.7. The van der Waals surface area contributed by atoms with E-state index in [2.05, 4.69) is 20.8 Å². The van der Waals surface area contributed by atoms with E-state index in [0.29, 0.717) is 0 Å². The van der Waals surface area contributed by atoms with Crippen molar-refractivity contribution in [2.24, 2.45) is 0 Å². The van der Waals surface area contributed by atoms with Crippen molar-refractivity contribution in [3.8, 4) is 0 Å². The van der Waals surface area contributed by atoms with Crippen LogP contribution in [0.5, 0.6) is 0 Å². The highest BCUT2D eigenvalue weighted by molar-refractivity contribution is 9.10. The first-order valence-electron chi connectivity index (χ1n) is 7.63. The molecule has 1 aromatic carbocycles. The molecule has 1 unspecified atom stereocenters.